The summed E-state index contributed by atoms with van der Waals surface area (Å²) in [7, 11) is 1.30. The van der Waals surface area contributed by atoms with E-state index in [4.69, 9.17) is 5.11 Å². The van der Waals surface area contributed by atoms with Gasteiger partial charge in [0.25, 0.3) is 5.91 Å². The van der Waals surface area contributed by atoms with E-state index in [9.17, 15) is 9.59 Å². The Bertz CT molecular complexity index is 496. The molecule has 0 heterocycles. The van der Waals surface area contributed by atoms with Crippen LogP contribution in [0.5, 0.6) is 0 Å². The van der Waals surface area contributed by atoms with Crippen molar-refractivity contribution in [1.29, 1.82) is 0 Å². The highest BCUT2D eigenvalue weighted by molar-refractivity contribution is 5.94. The minimum Gasteiger partial charge on any atom is -0.469 e. The van der Waals surface area contributed by atoms with Crippen molar-refractivity contribution in [3.63, 3.8) is 0 Å². The number of hydrogen-bond acceptors (Lipinski definition) is 4. The normalized spacial score (nSPS) is 9.16. The van der Waals surface area contributed by atoms with Crippen molar-refractivity contribution in [2.75, 3.05) is 20.3 Å². The van der Waals surface area contributed by atoms with Crippen LogP contribution in [-0.2, 0) is 9.53 Å². The monoisotopic (exact) mass is 261 g/mol. The van der Waals surface area contributed by atoms with Crippen LogP contribution in [0, 0.1) is 11.8 Å². The summed E-state index contributed by atoms with van der Waals surface area (Å²) < 4.78 is 4.47. The zero-order valence-corrected chi connectivity index (χ0v) is 10.6. The molecule has 1 amide bonds. The number of benzene rings is 1. The molecule has 0 bridgehead atoms. The van der Waals surface area contributed by atoms with Gasteiger partial charge in [0, 0.05) is 17.7 Å². The summed E-state index contributed by atoms with van der Waals surface area (Å²) in [5, 5.41) is 11.2. The number of amides is 1. The molecule has 2 N–H and O–H groups in total. The first-order valence-electron chi connectivity index (χ1n) is 5.72. The molecular formula is C14H15NO4. The first-order chi connectivity index (χ1) is 9.17. The Labute approximate surface area is 111 Å². The van der Waals surface area contributed by atoms with Crippen LogP contribution in [0.4, 0.5) is 0 Å². The Morgan fingerprint density at radius 2 is 2.00 bits per heavy atom. The lowest BCUT2D eigenvalue weighted by Crippen LogP contribution is -2.26. The molecule has 1 aromatic carbocycles. The second-order valence-corrected chi connectivity index (χ2v) is 3.62. The van der Waals surface area contributed by atoms with Crippen LogP contribution in [-0.4, -0.2) is 37.2 Å². The Morgan fingerprint density at radius 1 is 1.32 bits per heavy atom. The van der Waals surface area contributed by atoms with Crippen LogP contribution in [0.2, 0.25) is 0 Å². The lowest BCUT2D eigenvalue weighted by molar-refractivity contribution is -0.140. The molecule has 0 aliphatic heterocycles. The molecule has 0 aliphatic rings. The van der Waals surface area contributed by atoms with Gasteiger partial charge in [0.05, 0.1) is 13.5 Å². The van der Waals surface area contributed by atoms with E-state index >= 15 is 0 Å². The lowest BCUT2D eigenvalue weighted by atomic mass is 10.1. The smallest absolute Gasteiger partial charge is 0.307 e. The summed E-state index contributed by atoms with van der Waals surface area (Å²) in [5.74, 6) is 4.63. The molecular weight excluding hydrogens is 246 g/mol. The van der Waals surface area contributed by atoms with Gasteiger partial charge >= 0.3 is 5.97 Å². The molecule has 0 unspecified atom stereocenters. The second kappa shape index (κ2) is 7.90. The number of rotatable bonds is 4. The second-order valence-electron chi connectivity index (χ2n) is 3.62. The van der Waals surface area contributed by atoms with Crippen molar-refractivity contribution in [1.82, 2.24) is 5.32 Å². The fraction of sp³-hybridized carbons (Fsp3) is 0.286. The third-order valence-electron chi connectivity index (χ3n) is 2.30. The molecule has 1 aromatic rings. The van der Waals surface area contributed by atoms with Crippen molar-refractivity contribution >= 4 is 11.9 Å². The van der Waals surface area contributed by atoms with E-state index in [0.29, 0.717) is 5.56 Å². The molecule has 5 nitrogen and oxygen atoms in total. The van der Waals surface area contributed by atoms with Gasteiger partial charge in [0.1, 0.15) is 6.61 Å². The van der Waals surface area contributed by atoms with Crippen LogP contribution in [0.1, 0.15) is 22.3 Å². The van der Waals surface area contributed by atoms with Crippen LogP contribution >= 0.6 is 0 Å². The molecule has 0 saturated carbocycles. The number of methoxy groups -OCH3 is 1. The number of aliphatic hydroxyl groups is 1. The molecule has 19 heavy (non-hydrogen) atoms. The Hall–Kier alpha value is -2.32. The highest BCUT2D eigenvalue weighted by atomic mass is 16.5. The minimum absolute atomic E-state index is 0.141. The van der Waals surface area contributed by atoms with Gasteiger partial charge in [-0.2, -0.15) is 0 Å². The molecule has 0 aliphatic carbocycles. The Morgan fingerprint density at radius 3 is 2.58 bits per heavy atom. The summed E-state index contributed by atoms with van der Waals surface area (Å²) in [6.45, 7) is 0.0351. The molecule has 100 valence electrons. The van der Waals surface area contributed by atoms with E-state index in [1.807, 2.05) is 0 Å². The molecule has 1 rings (SSSR count). The molecule has 5 heteroatoms. The van der Waals surface area contributed by atoms with Gasteiger partial charge in [-0.3, -0.25) is 9.59 Å². The maximum absolute atomic E-state index is 11.7. The van der Waals surface area contributed by atoms with Crippen molar-refractivity contribution in [3.05, 3.63) is 35.4 Å². The molecule has 0 saturated heterocycles. The van der Waals surface area contributed by atoms with Crippen molar-refractivity contribution in [2.45, 2.75) is 6.42 Å². The first-order valence-corrected chi connectivity index (χ1v) is 5.72. The van der Waals surface area contributed by atoms with Gasteiger partial charge in [0.15, 0.2) is 0 Å². The highest BCUT2D eigenvalue weighted by Crippen LogP contribution is 2.03. The average molecular weight is 261 g/mol. The fourth-order valence-electron chi connectivity index (χ4n) is 1.33. The van der Waals surface area contributed by atoms with Gasteiger partial charge in [0.2, 0.25) is 0 Å². The number of hydrogen-bond donors (Lipinski definition) is 2. The number of carbonyl (C=O) groups is 2. The third-order valence-corrected chi connectivity index (χ3v) is 2.30. The van der Waals surface area contributed by atoms with E-state index in [1.54, 1.807) is 24.3 Å². The van der Waals surface area contributed by atoms with Crippen LogP contribution < -0.4 is 5.32 Å². The molecule has 0 atom stereocenters. The number of carbonyl (C=O) groups excluding carboxylic acids is 2. The SMILES string of the molecule is COC(=O)CCNC(=O)c1ccc(C#CCO)cc1. The van der Waals surface area contributed by atoms with Crippen molar-refractivity contribution in [3.8, 4) is 11.8 Å². The number of aliphatic hydroxyl groups excluding tert-OH is 1. The molecule has 0 spiro atoms. The van der Waals surface area contributed by atoms with E-state index in [0.717, 1.165) is 5.56 Å². The summed E-state index contributed by atoms with van der Waals surface area (Å²) in [6, 6.07) is 6.65. The molecule has 0 aromatic heterocycles. The van der Waals surface area contributed by atoms with Gasteiger partial charge in [-0.25, -0.2) is 0 Å². The molecule has 0 radical (unpaired) electrons. The highest BCUT2D eigenvalue weighted by Gasteiger charge is 2.06. The quantitative estimate of drug-likeness (QED) is 0.604. The predicted molar refractivity (Wildman–Crippen MR) is 69.4 cm³/mol. The topological polar surface area (TPSA) is 75.6 Å². The zero-order valence-electron chi connectivity index (χ0n) is 10.6. The molecule has 0 fully saturated rings. The predicted octanol–water partition coefficient (Wildman–Crippen LogP) is 0.323. The van der Waals surface area contributed by atoms with Crippen LogP contribution in [0.3, 0.4) is 0 Å². The lowest BCUT2D eigenvalue weighted by Gasteiger charge is -2.04. The van der Waals surface area contributed by atoms with Crippen LogP contribution in [0.25, 0.3) is 0 Å². The average Bonchev–Trinajstić information content (AvgIpc) is 2.45. The van der Waals surface area contributed by atoms with E-state index in [2.05, 4.69) is 21.9 Å². The van der Waals surface area contributed by atoms with Gasteiger partial charge < -0.3 is 15.2 Å². The summed E-state index contributed by atoms with van der Waals surface area (Å²) in [4.78, 5) is 22.6. The summed E-state index contributed by atoms with van der Waals surface area (Å²) in [5.41, 5.74) is 1.21. The fourth-order valence-corrected chi connectivity index (χ4v) is 1.33. The van der Waals surface area contributed by atoms with E-state index in [1.165, 1.54) is 7.11 Å². The Balaban J connectivity index is 2.51. The summed E-state index contributed by atoms with van der Waals surface area (Å²) >= 11 is 0. The van der Waals surface area contributed by atoms with Crippen molar-refractivity contribution < 1.29 is 19.4 Å². The zero-order chi connectivity index (χ0) is 14.1. The first kappa shape index (κ1) is 14.7. The van der Waals surface area contributed by atoms with Gasteiger partial charge in [-0.05, 0) is 24.3 Å². The standard InChI is InChI=1S/C14H15NO4/c1-19-13(17)8-9-15-14(18)12-6-4-11(5-7-12)3-2-10-16/h4-7,16H,8-10H2,1H3,(H,15,18). The Kier molecular flexibility index (Phi) is 6.13. The van der Waals surface area contributed by atoms with Gasteiger partial charge in [-0.15, -0.1) is 0 Å². The number of esters is 1. The largest absolute Gasteiger partial charge is 0.469 e. The number of ether oxygens (including phenoxy) is 1. The van der Waals surface area contributed by atoms with Crippen molar-refractivity contribution in [2.24, 2.45) is 0 Å². The van der Waals surface area contributed by atoms with E-state index in [-0.39, 0.29) is 31.4 Å². The van der Waals surface area contributed by atoms with E-state index < -0.39 is 0 Å². The maximum Gasteiger partial charge on any atom is 0.307 e. The van der Waals surface area contributed by atoms with Crippen LogP contribution in [0.15, 0.2) is 24.3 Å². The van der Waals surface area contributed by atoms with Gasteiger partial charge in [-0.1, -0.05) is 11.8 Å². The minimum atomic E-state index is -0.366. The maximum atomic E-state index is 11.7. The summed E-state index contributed by atoms with van der Waals surface area (Å²) in [6.07, 6.45) is 0.141. The number of nitrogens with one attached hydrogen (secondary N) is 1. The third kappa shape index (κ3) is 5.23.